The van der Waals surface area contributed by atoms with Gasteiger partial charge in [-0.3, -0.25) is 9.59 Å². The molecule has 36 heavy (non-hydrogen) atoms. The molecular formula is C26H41ClN4O4S. The second-order valence-electron chi connectivity index (χ2n) is 10.4. The molecule has 0 radical (unpaired) electrons. The number of amides is 2. The van der Waals surface area contributed by atoms with Crippen molar-refractivity contribution in [3.63, 3.8) is 0 Å². The average Bonchev–Trinajstić information content (AvgIpc) is 3.48. The summed E-state index contributed by atoms with van der Waals surface area (Å²) in [5.74, 6) is 0.298. The van der Waals surface area contributed by atoms with Gasteiger partial charge in [0.05, 0.1) is 10.9 Å². The monoisotopic (exact) mass is 540 g/mol. The van der Waals surface area contributed by atoms with Gasteiger partial charge in [0.2, 0.25) is 5.91 Å². The second kappa shape index (κ2) is 13.4. The van der Waals surface area contributed by atoms with Gasteiger partial charge in [-0.25, -0.2) is 0 Å². The molecule has 1 aliphatic carbocycles. The van der Waals surface area contributed by atoms with E-state index in [4.69, 9.17) is 21.1 Å². The molecule has 0 bridgehead atoms. The van der Waals surface area contributed by atoms with E-state index >= 15 is 0 Å². The molecule has 4 rings (SSSR count). The number of ether oxygens (including phenoxy) is 2. The molecule has 10 heteroatoms. The van der Waals surface area contributed by atoms with Crippen LogP contribution in [0.25, 0.3) is 0 Å². The fourth-order valence-electron chi connectivity index (χ4n) is 5.89. The van der Waals surface area contributed by atoms with Crippen molar-refractivity contribution >= 4 is 34.8 Å². The third-order valence-corrected chi connectivity index (χ3v) is 9.17. The zero-order valence-corrected chi connectivity index (χ0v) is 23.2. The minimum atomic E-state index is -0.599. The third-order valence-electron chi connectivity index (χ3n) is 8.02. The molecule has 0 spiro atoms. The zero-order valence-electron chi connectivity index (χ0n) is 21.6. The van der Waals surface area contributed by atoms with Crippen molar-refractivity contribution in [2.24, 2.45) is 5.92 Å². The molecule has 1 saturated carbocycles. The maximum atomic E-state index is 13.3. The Kier molecular flexibility index (Phi) is 10.3. The zero-order chi connectivity index (χ0) is 25.5. The van der Waals surface area contributed by atoms with E-state index in [1.54, 1.807) is 24.1 Å². The van der Waals surface area contributed by atoms with Gasteiger partial charge >= 0.3 is 0 Å². The summed E-state index contributed by atoms with van der Waals surface area (Å²) in [4.78, 5) is 32.2. The molecular weight excluding hydrogens is 500 g/mol. The Labute approximate surface area is 224 Å². The molecule has 2 saturated heterocycles. The van der Waals surface area contributed by atoms with Crippen molar-refractivity contribution in [3.05, 3.63) is 16.5 Å². The van der Waals surface area contributed by atoms with Crippen LogP contribution in [-0.2, 0) is 14.3 Å². The minimum absolute atomic E-state index is 0.0171. The number of rotatable bonds is 11. The summed E-state index contributed by atoms with van der Waals surface area (Å²) in [6.45, 7) is 4.24. The summed E-state index contributed by atoms with van der Waals surface area (Å²) in [6, 6.07) is 4.22. The topological polar surface area (TPSA) is 74.4 Å². The summed E-state index contributed by atoms with van der Waals surface area (Å²) in [5.41, 5.74) is 0. The van der Waals surface area contributed by atoms with Crippen molar-refractivity contribution in [1.82, 2.24) is 20.0 Å². The van der Waals surface area contributed by atoms with Gasteiger partial charge in [0.15, 0.2) is 11.7 Å². The Balaban J connectivity index is 1.20. The van der Waals surface area contributed by atoms with E-state index in [0.717, 1.165) is 32.0 Å². The standard InChI is InChI=1S/C26H41ClN4O4S/c1-29-13-3-4-21(29)11-12-28-20-7-5-19(6-8-20)16-30-14-15-31(22(17-34-2)26(30)33)24(32)18-35-25-10-9-23(27)36-25/h9-10,19-22,28H,3-8,11-18H2,1-2H3/t19?,20?,21-,22+/m1/s1. The molecule has 3 heterocycles. The van der Waals surface area contributed by atoms with Gasteiger partial charge in [-0.05, 0) is 83.1 Å². The van der Waals surface area contributed by atoms with Crippen LogP contribution in [0.5, 0.6) is 5.06 Å². The van der Waals surface area contributed by atoms with Crippen LogP contribution in [-0.4, -0.2) is 105 Å². The maximum absolute atomic E-state index is 13.3. The lowest BCUT2D eigenvalue weighted by molar-refractivity contribution is -0.155. The van der Waals surface area contributed by atoms with E-state index in [9.17, 15) is 9.59 Å². The Morgan fingerprint density at radius 2 is 1.97 bits per heavy atom. The van der Waals surface area contributed by atoms with Crippen LogP contribution in [0.4, 0.5) is 0 Å². The number of hydrogen-bond acceptors (Lipinski definition) is 7. The van der Waals surface area contributed by atoms with Crippen LogP contribution < -0.4 is 10.1 Å². The van der Waals surface area contributed by atoms with E-state index in [1.807, 2.05) is 4.90 Å². The molecule has 3 aliphatic rings. The molecule has 1 aromatic heterocycles. The summed E-state index contributed by atoms with van der Waals surface area (Å²) in [6.07, 6.45) is 8.52. The van der Waals surface area contributed by atoms with Gasteiger partial charge in [-0.2, -0.15) is 0 Å². The van der Waals surface area contributed by atoms with Gasteiger partial charge in [0, 0.05) is 38.8 Å². The number of carbonyl (C=O) groups excluding carboxylic acids is 2. The smallest absolute Gasteiger partial charge is 0.261 e. The Bertz CT molecular complexity index is 863. The normalized spacial score (nSPS) is 27.6. The molecule has 1 aromatic rings. The van der Waals surface area contributed by atoms with Gasteiger partial charge in [0.1, 0.15) is 6.04 Å². The van der Waals surface area contributed by atoms with Gasteiger partial charge < -0.3 is 29.5 Å². The largest absolute Gasteiger partial charge is 0.474 e. The van der Waals surface area contributed by atoms with Crippen LogP contribution in [0.1, 0.15) is 44.9 Å². The molecule has 2 amide bonds. The first kappa shape index (κ1) is 27.6. The van der Waals surface area contributed by atoms with Crippen molar-refractivity contribution in [2.75, 3.05) is 60.1 Å². The molecule has 0 unspecified atom stereocenters. The number of nitrogens with one attached hydrogen (secondary N) is 1. The summed E-state index contributed by atoms with van der Waals surface area (Å²) >= 11 is 7.22. The SMILES string of the molecule is COC[C@H]1C(=O)N(CC2CCC(NCC[C@H]3CCCN3C)CC2)CCN1C(=O)COc1ccc(Cl)s1. The van der Waals surface area contributed by atoms with Crippen LogP contribution in [0, 0.1) is 5.92 Å². The number of carbonyl (C=O) groups is 2. The molecule has 0 aromatic carbocycles. The number of thiophene rings is 1. The number of halogens is 1. The fourth-order valence-corrected chi connectivity index (χ4v) is 6.76. The molecule has 202 valence electrons. The van der Waals surface area contributed by atoms with E-state index in [2.05, 4.69) is 17.3 Å². The lowest BCUT2D eigenvalue weighted by Gasteiger charge is -2.42. The maximum Gasteiger partial charge on any atom is 0.261 e. The molecule has 2 atom stereocenters. The first-order chi connectivity index (χ1) is 17.4. The lowest BCUT2D eigenvalue weighted by Crippen LogP contribution is -2.61. The number of piperazine rings is 1. The average molecular weight is 541 g/mol. The van der Waals surface area contributed by atoms with E-state index in [1.165, 1.54) is 50.0 Å². The summed E-state index contributed by atoms with van der Waals surface area (Å²) in [5, 5.41) is 4.38. The Hall–Kier alpha value is -1.39. The van der Waals surface area contributed by atoms with Crippen LogP contribution in [0.15, 0.2) is 12.1 Å². The molecule has 3 fully saturated rings. The minimum Gasteiger partial charge on any atom is -0.474 e. The molecule has 8 nitrogen and oxygen atoms in total. The van der Waals surface area contributed by atoms with E-state index in [0.29, 0.717) is 34.4 Å². The number of nitrogens with zero attached hydrogens (tertiary/aromatic N) is 3. The highest BCUT2D eigenvalue weighted by molar-refractivity contribution is 7.17. The third kappa shape index (κ3) is 7.34. The Morgan fingerprint density at radius 1 is 1.17 bits per heavy atom. The predicted molar refractivity (Wildman–Crippen MR) is 143 cm³/mol. The first-order valence-electron chi connectivity index (χ1n) is 13.3. The summed E-state index contributed by atoms with van der Waals surface area (Å²) < 4.78 is 11.5. The highest BCUT2D eigenvalue weighted by Crippen LogP contribution is 2.29. The van der Waals surface area contributed by atoms with E-state index in [-0.39, 0.29) is 25.0 Å². The number of hydrogen-bond donors (Lipinski definition) is 1. The van der Waals surface area contributed by atoms with E-state index < -0.39 is 6.04 Å². The summed E-state index contributed by atoms with van der Waals surface area (Å²) in [7, 11) is 3.81. The van der Waals surface area contributed by atoms with Crippen molar-refractivity contribution in [2.45, 2.75) is 63.1 Å². The van der Waals surface area contributed by atoms with Crippen molar-refractivity contribution in [1.29, 1.82) is 0 Å². The van der Waals surface area contributed by atoms with Gasteiger partial charge in [0.25, 0.3) is 5.91 Å². The number of methoxy groups -OCH3 is 1. The van der Waals surface area contributed by atoms with Gasteiger partial charge in [-0.1, -0.05) is 22.9 Å². The van der Waals surface area contributed by atoms with Gasteiger partial charge in [-0.15, -0.1) is 0 Å². The number of likely N-dealkylation sites (tertiary alicyclic amines) is 1. The quantitative estimate of drug-likeness (QED) is 0.465. The second-order valence-corrected chi connectivity index (χ2v) is 12.1. The van der Waals surface area contributed by atoms with Crippen molar-refractivity contribution < 1.29 is 19.1 Å². The molecule has 1 N–H and O–H groups in total. The first-order valence-corrected chi connectivity index (χ1v) is 14.5. The fraction of sp³-hybridized carbons (Fsp3) is 0.769. The van der Waals surface area contributed by atoms with Crippen LogP contribution in [0.3, 0.4) is 0 Å². The van der Waals surface area contributed by atoms with Crippen molar-refractivity contribution in [3.8, 4) is 5.06 Å². The highest BCUT2D eigenvalue weighted by atomic mass is 35.5. The molecule has 2 aliphatic heterocycles. The predicted octanol–water partition coefficient (Wildman–Crippen LogP) is 3.10. The lowest BCUT2D eigenvalue weighted by atomic mass is 9.85. The Morgan fingerprint density at radius 3 is 2.64 bits per heavy atom. The van der Waals surface area contributed by atoms with Crippen LogP contribution in [0.2, 0.25) is 4.34 Å². The highest BCUT2D eigenvalue weighted by Gasteiger charge is 2.38. The van der Waals surface area contributed by atoms with Crippen LogP contribution >= 0.6 is 22.9 Å².